The summed E-state index contributed by atoms with van der Waals surface area (Å²) in [4.78, 5) is 0. The van der Waals surface area contributed by atoms with Gasteiger partial charge in [0, 0.05) is 0 Å². The Balaban J connectivity index is 3.45. The van der Waals surface area contributed by atoms with E-state index in [1.165, 1.54) is 11.2 Å². The average Bonchev–Trinajstić information content (AvgIpc) is 2.44. The summed E-state index contributed by atoms with van der Waals surface area (Å²) < 4.78 is 40.7. The van der Waals surface area contributed by atoms with Gasteiger partial charge in [-0.25, -0.2) is 0 Å². The van der Waals surface area contributed by atoms with Gasteiger partial charge in [-0.3, -0.25) is 0 Å². The van der Waals surface area contributed by atoms with E-state index in [-0.39, 0.29) is 5.04 Å². The molecule has 0 aliphatic heterocycles. The fraction of sp³-hybridized carbons (Fsp3) is 0.667. The molecule has 0 atom stereocenters. The summed E-state index contributed by atoms with van der Waals surface area (Å²) in [5, 5.41) is -0.127. The van der Waals surface area contributed by atoms with Gasteiger partial charge in [0.15, 0.2) is 8.24 Å². The van der Waals surface area contributed by atoms with Crippen LogP contribution in [0.15, 0.2) is 12.3 Å². The van der Waals surface area contributed by atoms with Crippen molar-refractivity contribution >= 4 is 8.24 Å². The molecule has 0 amide bonds. The molecule has 0 bridgehead atoms. The van der Waals surface area contributed by atoms with Gasteiger partial charge in [-0.1, -0.05) is 33.9 Å². The van der Waals surface area contributed by atoms with E-state index in [1.807, 2.05) is 33.9 Å². The maximum absolute atomic E-state index is 13.1. The molecular weight excluding hydrogens is 243 g/mol. The third-order valence-corrected chi connectivity index (χ3v) is 9.04. The molecule has 1 nitrogen and oxygen atoms in total. The Hall–Kier alpha value is -0.713. The first-order valence-corrected chi connectivity index (χ1v) is 8.59. The first-order valence-electron chi connectivity index (χ1n) is 5.64. The van der Waals surface area contributed by atoms with Gasteiger partial charge in [0.05, 0.1) is 0 Å². The molecule has 0 saturated carbocycles. The van der Waals surface area contributed by atoms with E-state index in [0.29, 0.717) is 5.56 Å². The van der Waals surface area contributed by atoms with E-state index in [2.05, 4.69) is 0 Å². The Labute approximate surface area is 102 Å². The van der Waals surface area contributed by atoms with Crippen molar-refractivity contribution in [1.29, 1.82) is 0 Å². The molecule has 1 aromatic rings. The number of nitrogens with zero attached hydrogens (tertiary/aromatic N) is 1. The summed E-state index contributed by atoms with van der Waals surface area (Å²) in [7, 11) is -2.22. The van der Waals surface area contributed by atoms with E-state index in [0.717, 1.165) is 0 Å². The monoisotopic (exact) mass is 263 g/mol. The summed E-state index contributed by atoms with van der Waals surface area (Å²) in [6.07, 6.45) is -2.68. The quantitative estimate of drug-likeness (QED) is 0.649. The second-order valence-corrected chi connectivity index (χ2v) is 11.1. The number of rotatable bonds is 1. The first kappa shape index (κ1) is 14.3. The molecule has 0 radical (unpaired) electrons. The number of halogens is 3. The molecule has 17 heavy (non-hydrogen) atoms. The predicted octanol–water partition coefficient (Wildman–Crippen LogP) is 4.67. The lowest BCUT2D eigenvalue weighted by atomic mass is 10.2. The maximum Gasteiger partial charge on any atom is 0.430 e. The smallest absolute Gasteiger partial charge is 0.370 e. The topological polar surface area (TPSA) is 4.93 Å². The fourth-order valence-electron chi connectivity index (χ4n) is 1.72. The summed E-state index contributed by atoms with van der Waals surface area (Å²) in [6.45, 7) is 11.5. The molecule has 1 aromatic heterocycles. The highest BCUT2D eigenvalue weighted by Crippen LogP contribution is 2.41. The molecule has 1 rings (SSSR count). The number of aromatic nitrogens is 1. The maximum atomic E-state index is 13.1. The first-order chi connectivity index (χ1) is 7.39. The zero-order chi connectivity index (χ0) is 13.6. The molecule has 0 unspecified atom stereocenters. The van der Waals surface area contributed by atoms with Crippen LogP contribution in [0.4, 0.5) is 13.2 Å². The summed E-state index contributed by atoms with van der Waals surface area (Å²) in [5.74, 6) is 0. The minimum atomic E-state index is -4.27. The zero-order valence-electron chi connectivity index (χ0n) is 11.2. The van der Waals surface area contributed by atoms with Crippen molar-refractivity contribution in [2.24, 2.45) is 0 Å². The zero-order valence-corrected chi connectivity index (χ0v) is 12.2. The molecule has 0 fully saturated rings. The second kappa shape index (κ2) is 3.90. The van der Waals surface area contributed by atoms with Crippen LogP contribution in [-0.2, 0) is 6.18 Å². The van der Waals surface area contributed by atoms with Gasteiger partial charge in [0.25, 0.3) is 0 Å². The average molecular weight is 263 g/mol. The molecule has 0 aliphatic rings. The Kier molecular flexibility index (Phi) is 3.29. The summed E-state index contributed by atoms with van der Waals surface area (Å²) in [5.41, 5.74) is -0.175. The lowest BCUT2D eigenvalue weighted by molar-refractivity contribution is -0.142. The largest absolute Gasteiger partial charge is 0.430 e. The summed E-state index contributed by atoms with van der Waals surface area (Å²) in [6, 6.07) is 1.56. The molecule has 0 saturated heterocycles. The normalized spacial score (nSPS) is 14.2. The van der Waals surface area contributed by atoms with E-state index in [1.54, 1.807) is 12.3 Å². The number of hydrogen-bond donors (Lipinski definition) is 0. The van der Waals surface area contributed by atoms with Gasteiger partial charge in [0.2, 0.25) is 0 Å². The van der Waals surface area contributed by atoms with Crippen LogP contribution >= 0.6 is 0 Å². The number of aryl methyl sites for hydroxylation is 1. The highest BCUT2D eigenvalue weighted by atomic mass is 28.3. The van der Waals surface area contributed by atoms with Crippen molar-refractivity contribution in [2.75, 3.05) is 0 Å². The second-order valence-electron chi connectivity index (χ2n) is 6.02. The lowest BCUT2D eigenvalue weighted by Gasteiger charge is -2.39. The molecule has 0 aromatic carbocycles. The number of alkyl halides is 3. The lowest BCUT2D eigenvalue weighted by Crippen LogP contribution is -2.47. The highest BCUT2D eigenvalue weighted by molar-refractivity contribution is 6.78. The van der Waals surface area contributed by atoms with Crippen molar-refractivity contribution in [3.63, 3.8) is 0 Å². The Morgan fingerprint density at radius 1 is 1.12 bits per heavy atom. The van der Waals surface area contributed by atoms with Crippen molar-refractivity contribution < 1.29 is 13.2 Å². The molecule has 0 N–H and O–H groups in total. The van der Waals surface area contributed by atoms with Crippen LogP contribution in [-0.4, -0.2) is 12.5 Å². The van der Waals surface area contributed by atoms with Gasteiger partial charge < -0.3 is 4.23 Å². The van der Waals surface area contributed by atoms with Crippen molar-refractivity contribution in [1.82, 2.24) is 4.23 Å². The van der Waals surface area contributed by atoms with Gasteiger partial charge >= 0.3 is 6.18 Å². The van der Waals surface area contributed by atoms with Gasteiger partial charge in [-0.05, 0) is 29.8 Å². The highest BCUT2D eigenvalue weighted by Gasteiger charge is 2.44. The Bertz CT molecular complexity index is 410. The van der Waals surface area contributed by atoms with Gasteiger partial charge in [-0.2, -0.15) is 13.2 Å². The third kappa shape index (κ3) is 2.44. The summed E-state index contributed by atoms with van der Waals surface area (Å²) >= 11 is 0. The van der Waals surface area contributed by atoms with Crippen molar-refractivity contribution in [2.45, 2.75) is 52.0 Å². The minimum Gasteiger partial charge on any atom is -0.370 e. The van der Waals surface area contributed by atoms with E-state index >= 15 is 0 Å². The predicted molar refractivity (Wildman–Crippen MR) is 66.8 cm³/mol. The number of hydrogen-bond acceptors (Lipinski definition) is 0. The van der Waals surface area contributed by atoms with Crippen LogP contribution < -0.4 is 0 Å². The van der Waals surface area contributed by atoms with E-state index in [9.17, 15) is 13.2 Å². The Morgan fingerprint density at radius 3 is 1.94 bits per heavy atom. The molecule has 98 valence electrons. The van der Waals surface area contributed by atoms with E-state index < -0.39 is 20.1 Å². The fourth-order valence-corrected chi connectivity index (χ4v) is 3.75. The van der Waals surface area contributed by atoms with E-state index in [4.69, 9.17) is 0 Å². The van der Waals surface area contributed by atoms with Crippen LogP contribution in [0, 0.1) is 6.92 Å². The molecule has 0 spiro atoms. The Morgan fingerprint density at radius 2 is 1.59 bits per heavy atom. The van der Waals surface area contributed by atoms with Crippen LogP contribution in [0.25, 0.3) is 0 Å². The third-order valence-electron chi connectivity index (χ3n) is 3.79. The van der Waals surface area contributed by atoms with Crippen molar-refractivity contribution in [3.8, 4) is 0 Å². The van der Waals surface area contributed by atoms with Crippen LogP contribution in [0.5, 0.6) is 0 Å². The molecule has 1 heterocycles. The van der Waals surface area contributed by atoms with Gasteiger partial charge in [-0.15, -0.1) is 0 Å². The van der Waals surface area contributed by atoms with Crippen LogP contribution in [0.1, 0.15) is 32.0 Å². The van der Waals surface area contributed by atoms with Crippen LogP contribution in [0.2, 0.25) is 18.1 Å². The van der Waals surface area contributed by atoms with Crippen LogP contribution in [0.3, 0.4) is 0 Å². The van der Waals surface area contributed by atoms with Crippen molar-refractivity contribution in [3.05, 3.63) is 23.5 Å². The minimum absolute atomic E-state index is 0.127. The molecule has 0 aliphatic carbocycles. The molecule has 5 heteroatoms. The standard InChI is InChI=1S/C12H20F3NSi/c1-9-7-8-16(10(9)12(13,14)15)17(5,6)11(2,3)4/h7-8H,1-6H3. The van der Waals surface area contributed by atoms with Gasteiger partial charge in [0.1, 0.15) is 5.69 Å². The SMILES string of the molecule is Cc1ccn([Si](C)(C)C(C)(C)C)c1C(F)(F)F. The molecular formula is C12H20F3NSi.